The fourth-order valence-electron chi connectivity index (χ4n) is 6.32. The van der Waals surface area contributed by atoms with Crippen molar-refractivity contribution < 1.29 is 14.3 Å². The fourth-order valence-corrected chi connectivity index (χ4v) is 6.32. The summed E-state index contributed by atoms with van der Waals surface area (Å²) < 4.78 is 13.4. The van der Waals surface area contributed by atoms with Crippen LogP contribution in [0.1, 0.15) is 53.7 Å². The second-order valence-electron chi connectivity index (χ2n) is 10.9. The van der Waals surface area contributed by atoms with Crippen molar-refractivity contribution in [2.45, 2.75) is 57.1 Å². The molecule has 2 heterocycles. The lowest BCUT2D eigenvalue weighted by Gasteiger charge is -2.40. The van der Waals surface area contributed by atoms with Gasteiger partial charge in [-0.25, -0.2) is 9.78 Å². The normalized spacial score (nSPS) is 24.1. The Bertz CT molecular complexity index is 1280. The van der Waals surface area contributed by atoms with Gasteiger partial charge in [-0.1, -0.05) is 12.1 Å². The molecule has 1 aliphatic heterocycles. The maximum atomic E-state index is 11.6. The first-order valence-corrected chi connectivity index (χ1v) is 13.2. The molecular formula is C29H36N4O3. The van der Waals surface area contributed by atoms with Crippen LogP contribution in [0.2, 0.25) is 0 Å². The van der Waals surface area contributed by atoms with Crippen LogP contribution in [0, 0.1) is 12.8 Å². The Balaban J connectivity index is 1.15. The summed E-state index contributed by atoms with van der Waals surface area (Å²) in [5.74, 6) is 2.45. The van der Waals surface area contributed by atoms with Gasteiger partial charge in [-0.05, 0) is 85.9 Å². The molecule has 7 heteroatoms. The van der Waals surface area contributed by atoms with E-state index in [0.29, 0.717) is 17.9 Å². The summed E-state index contributed by atoms with van der Waals surface area (Å²) in [5.41, 5.74) is 7.17. The van der Waals surface area contributed by atoms with Crippen molar-refractivity contribution in [1.29, 1.82) is 0 Å². The number of nitrogens with one attached hydrogen (secondary N) is 1. The third-order valence-corrected chi connectivity index (χ3v) is 8.23. The zero-order valence-corrected chi connectivity index (χ0v) is 21.5. The number of likely N-dealkylation sites (tertiary alicyclic amines) is 1. The number of hydrogen-bond donors (Lipinski definition) is 1. The van der Waals surface area contributed by atoms with Gasteiger partial charge in [0.1, 0.15) is 5.82 Å². The Morgan fingerprint density at radius 1 is 1.08 bits per heavy atom. The fraction of sp³-hybridized carbons (Fsp3) is 0.517. The largest absolute Gasteiger partial charge is 0.453 e. The number of amides is 1. The van der Waals surface area contributed by atoms with Gasteiger partial charge in [-0.15, -0.1) is 0 Å². The quantitative estimate of drug-likeness (QED) is 0.524. The Labute approximate surface area is 212 Å². The van der Waals surface area contributed by atoms with Gasteiger partial charge in [-0.2, -0.15) is 0 Å². The second kappa shape index (κ2) is 9.52. The monoisotopic (exact) mass is 488 g/mol. The van der Waals surface area contributed by atoms with Crippen LogP contribution in [-0.2, 0) is 22.3 Å². The number of rotatable bonds is 6. The summed E-state index contributed by atoms with van der Waals surface area (Å²) in [6.07, 6.45) is 5.42. The number of aryl methyl sites for hydroxylation is 1. The van der Waals surface area contributed by atoms with E-state index in [4.69, 9.17) is 14.5 Å². The highest BCUT2D eigenvalue weighted by atomic mass is 16.5. The number of imidazole rings is 1. The van der Waals surface area contributed by atoms with Gasteiger partial charge in [-0.3, -0.25) is 5.32 Å². The van der Waals surface area contributed by atoms with Crippen LogP contribution in [-0.4, -0.2) is 60.5 Å². The van der Waals surface area contributed by atoms with Crippen molar-refractivity contribution in [2.75, 3.05) is 39.2 Å². The first-order valence-electron chi connectivity index (χ1n) is 13.2. The maximum Gasteiger partial charge on any atom is 0.411 e. The summed E-state index contributed by atoms with van der Waals surface area (Å²) in [6, 6.07) is 13.2. The lowest BCUT2D eigenvalue weighted by Crippen LogP contribution is -2.47. The van der Waals surface area contributed by atoms with Gasteiger partial charge in [0.2, 0.25) is 0 Å². The minimum absolute atomic E-state index is 0.148. The highest BCUT2D eigenvalue weighted by Crippen LogP contribution is 2.43. The molecule has 0 spiro atoms. The molecule has 3 atom stereocenters. The van der Waals surface area contributed by atoms with Crippen LogP contribution in [0.4, 0.5) is 10.5 Å². The number of anilines is 1. The average Bonchev–Trinajstić information content (AvgIpc) is 3.55. The molecule has 6 rings (SSSR count). The Kier molecular flexibility index (Phi) is 6.21. The predicted octanol–water partition coefficient (Wildman–Crippen LogP) is 5.08. The first kappa shape index (κ1) is 23.5. The van der Waals surface area contributed by atoms with E-state index < -0.39 is 6.09 Å². The summed E-state index contributed by atoms with van der Waals surface area (Å²) in [5, 5.41) is 2.79. The van der Waals surface area contributed by atoms with E-state index >= 15 is 0 Å². The van der Waals surface area contributed by atoms with E-state index in [1.54, 1.807) is 0 Å². The van der Waals surface area contributed by atoms with Gasteiger partial charge in [0.05, 0.1) is 30.3 Å². The van der Waals surface area contributed by atoms with Crippen LogP contribution in [0.25, 0.3) is 11.0 Å². The molecule has 3 aromatic rings. The molecule has 0 radical (unpaired) electrons. The molecule has 2 aromatic carbocycles. The van der Waals surface area contributed by atoms with Crippen molar-refractivity contribution >= 4 is 22.8 Å². The van der Waals surface area contributed by atoms with Crippen molar-refractivity contribution in [3.05, 3.63) is 58.9 Å². The highest BCUT2D eigenvalue weighted by molar-refractivity contribution is 5.84. The number of carbonyl (C=O) groups excluding carboxylic acids is 1. The molecule has 3 aliphatic rings. The molecule has 1 N–H and O–H groups in total. The molecule has 1 aromatic heterocycles. The lowest BCUT2D eigenvalue weighted by molar-refractivity contribution is -0.00950. The minimum Gasteiger partial charge on any atom is -0.453 e. The van der Waals surface area contributed by atoms with Crippen molar-refractivity contribution in [1.82, 2.24) is 14.5 Å². The SMILES string of the molecule is COC(=O)Nc1ccc2c(c1)CC(CN1CC[C@H](n3c(C4CC4)nc4cc(C)ccc43)[C@@H](OC)C1)C2. The molecule has 1 saturated heterocycles. The van der Waals surface area contributed by atoms with Crippen molar-refractivity contribution in [2.24, 2.45) is 5.92 Å². The third kappa shape index (κ3) is 4.50. The number of ether oxygens (including phenoxy) is 2. The van der Waals surface area contributed by atoms with Gasteiger partial charge in [0, 0.05) is 38.3 Å². The summed E-state index contributed by atoms with van der Waals surface area (Å²) in [6.45, 7) is 5.23. The van der Waals surface area contributed by atoms with E-state index in [2.05, 4.69) is 52.0 Å². The molecule has 1 saturated carbocycles. The predicted molar refractivity (Wildman–Crippen MR) is 141 cm³/mol. The molecule has 0 bridgehead atoms. The molecule has 7 nitrogen and oxygen atoms in total. The van der Waals surface area contributed by atoms with Crippen LogP contribution >= 0.6 is 0 Å². The molecule has 1 unspecified atom stereocenters. The topological polar surface area (TPSA) is 68.6 Å². The van der Waals surface area contributed by atoms with E-state index in [-0.39, 0.29) is 6.10 Å². The van der Waals surface area contributed by atoms with Gasteiger partial charge in [0.15, 0.2) is 0 Å². The number of aromatic nitrogens is 2. The van der Waals surface area contributed by atoms with E-state index in [9.17, 15) is 4.79 Å². The number of piperidine rings is 1. The summed E-state index contributed by atoms with van der Waals surface area (Å²) in [4.78, 5) is 19.3. The maximum absolute atomic E-state index is 11.6. The van der Waals surface area contributed by atoms with Crippen LogP contribution in [0.5, 0.6) is 0 Å². The number of nitrogens with zero attached hydrogens (tertiary/aromatic N) is 3. The Hall–Kier alpha value is -2.90. The number of methoxy groups -OCH3 is 2. The Morgan fingerprint density at radius 3 is 2.69 bits per heavy atom. The third-order valence-electron chi connectivity index (χ3n) is 8.23. The highest BCUT2D eigenvalue weighted by Gasteiger charge is 2.38. The van der Waals surface area contributed by atoms with Crippen LogP contribution in [0.15, 0.2) is 36.4 Å². The summed E-state index contributed by atoms with van der Waals surface area (Å²) >= 11 is 0. The van der Waals surface area contributed by atoms with Crippen LogP contribution in [0.3, 0.4) is 0 Å². The zero-order valence-electron chi connectivity index (χ0n) is 21.5. The zero-order chi connectivity index (χ0) is 24.8. The van der Waals surface area contributed by atoms with Crippen LogP contribution < -0.4 is 5.32 Å². The molecule has 36 heavy (non-hydrogen) atoms. The summed E-state index contributed by atoms with van der Waals surface area (Å²) in [7, 11) is 3.25. The average molecular weight is 489 g/mol. The van der Waals surface area contributed by atoms with E-state index in [1.165, 1.54) is 48.0 Å². The molecular weight excluding hydrogens is 452 g/mol. The standard InChI is InChI=1S/C29H36N4O3/c1-18-4-9-25-24(12-18)31-28(20-5-6-20)33(25)26-10-11-32(17-27(26)35-2)16-19-13-21-7-8-23(15-22(21)14-19)30-29(34)36-3/h4,7-9,12,15,19-20,26-27H,5-6,10-11,13-14,16-17H2,1-3H3,(H,30,34)/t19?,26-,27-/m0/s1. The van der Waals surface area contributed by atoms with Gasteiger partial charge >= 0.3 is 6.09 Å². The molecule has 2 aliphatic carbocycles. The van der Waals surface area contributed by atoms with E-state index in [0.717, 1.165) is 50.1 Å². The van der Waals surface area contributed by atoms with Crippen molar-refractivity contribution in [3.63, 3.8) is 0 Å². The van der Waals surface area contributed by atoms with Crippen molar-refractivity contribution in [3.8, 4) is 0 Å². The number of fused-ring (bicyclic) bond motifs is 2. The minimum atomic E-state index is -0.427. The lowest BCUT2D eigenvalue weighted by atomic mass is 9.98. The van der Waals surface area contributed by atoms with Gasteiger partial charge < -0.3 is 18.9 Å². The molecule has 190 valence electrons. The molecule has 2 fully saturated rings. The van der Waals surface area contributed by atoms with Gasteiger partial charge in [0.25, 0.3) is 0 Å². The number of carbonyl (C=O) groups is 1. The molecule has 1 amide bonds. The Morgan fingerprint density at radius 2 is 1.92 bits per heavy atom. The smallest absolute Gasteiger partial charge is 0.411 e. The van der Waals surface area contributed by atoms with E-state index in [1.807, 2.05) is 13.2 Å². The number of benzene rings is 2. The number of hydrogen-bond acceptors (Lipinski definition) is 5. The second-order valence-corrected chi connectivity index (χ2v) is 10.9. The first-order chi connectivity index (χ1) is 17.5.